The molecule has 102 valence electrons. The van der Waals surface area contributed by atoms with E-state index in [9.17, 15) is 14.4 Å². The number of hydrogen-bond donors (Lipinski definition) is 0. The molecule has 0 aromatic rings. The maximum Gasteiger partial charge on any atom is 0.410 e. The number of carbonyl (C=O) groups excluding carboxylic acids is 3. The monoisotopic (exact) mass is 255 g/mol. The summed E-state index contributed by atoms with van der Waals surface area (Å²) >= 11 is 0. The Kier molecular flexibility index (Phi) is 4.48. The van der Waals surface area contributed by atoms with E-state index in [0.29, 0.717) is 13.0 Å². The Balaban J connectivity index is 2.67. The van der Waals surface area contributed by atoms with Crippen LogP contribution in [0.15, 0.2) is 0 Å². The Bertz CT molecular complexity index is 356. The van der Waals surface area contributed by atoms with E-state index in [1.54, 1.807) is 20.8 Å². The Morgan fingerprint density at radius 1 is 1.28 bits per heavy atom. The molecule has 1 atom stereocenters. The summed E-state index contributed by atoms with van der Waals surface area (Å²) in [5.74, 6) is -0.359. The van der Waals surface area contributed by atoms with Crippen molar-refractivity contribution in [3.63, 3.8) is 0 Å². The van der Waals surface area contributed by atoms with E-state index in [0.717, 1.165) is 6.42 Å². The molecule has 1 aliphatic rings. The van der Waals surface area contributed by atoms with Gasteiger partial charge in [0.1, 0.15) is 11.4 Å². The number of amides is 1. The van der Waals surface area contributed by atoms with E-state index in [2.05, 4.69) is 0 Å². The van der Waals surface area contributed by atoms with E-state index >= 15 is 0 Å². The zero-order valence-electron chi connectivity index (χ0n) is 11.5. The maximum absolute atomic E-state index is 11.9. The zero-order chi connectivity index (χ0) is 13.9. The number of hydrogen-bond acceptors (Lipinski definition) is 4. The number of carbonyl (C=O) groups is 3. The van der Waals surface area contributed by atoms with Gasteiger partial charge in [0, 0.05) is 6.54 Å². The molecule has 5 heteroatoms. The number of nitrogens with zero attached hydrogens (tertiary/aromatic N) is 1. The quantitative estimate of drug-likeness (QED) is 0.723. The van der Waals surface area contributed by atoms with Gasteiger partial charge in [-0.2, -0.15) is 0 Å². The Labute approximate surface area is 107 Å². The molecule has 1 amide bonds. The van der Waals surface area contributed by atoms with Gasteiger partial charge in [-0.3, -0.25) is 14.5 Å². The van der Waals surface area contributed by atoms with Crippen LogP contribution in [0.3, 0.4) is 0 Å². The fourth-order valence-electron chi connectivity index (χ4n) is 2.00. The molecule has 0 unspecified atom stereocenters. The van der Waals surface area contributed by atoms with Gasteiger partial charge in [0.05, 0.1) is 12.5 Å². The summed E-state index contributed by atoms with van der Waals surface area (Å²) in [6.45, 7) is 7.25. The van der Waals surface area contributed by atoms with Gasteiger partial charge in [-0.05, 0) is 40.5 Å². The lowest BCUT2D eigenvalue weighted by molar-refractivity contribution is -0.128. The third-order valence-electron chi connectivity index (χ3n) is 2.68. The molecule has 1 heterocycles. The van der Waals surface area contributed by atoms with Crippen LogP contribution in [0.4, 0.5) is 4.79 Å². The maximum atomic E-state index is 11.9. The molecule has 1 saturated heterocycles. The molecular weight excluding hydrogens is 234 g/mol. The fourth-order valence-corrected chi connectivity index (χ4v) is 2.00. The van der Waals surface area contributed by atoms with Crippen molar-refractivity contribution in [3.8, 4) is 0 Å². The third kappa shape index (κ3) is 4.13. The number of ether oxygens (including phenoxy) is 1. The zero-order valence-corrected chi connectivity index (χ0v) is 11.5. The molecule has 0 aliphatic carbocycles. The van der Waals surface area contributed by atoms with E-state index < -0.39 is 17.7 Å². The number of rotatable bonds is 3. The predicted molar refractivity (Wildman–Crippen MR) is 66.3 cm³/mol. The second-order valence-corrected chi connectivity index (χ2v) is 5.68. The molecule has 1 fully saturated rings. The van der Waals surface area contributed by atoms with Crippen molar-refractivity contribution in [2.75, 3.05) is 6.54 Å². The van der Waals surface area contributed by atoms with Crippen molar-refractivity contribution in [1.29, 1.82) is 0 Å². The van der Waals surface area contributed by atoms with Crippen LogP contribution in [0.1, 0.15) is 47.0 Å². The number of ketones is 2. The van der Waals surface area contributed by atoms with Crippen LogP contribution in [0.5, 0.6) is 0 Å². The summed E-state index contributed by atoms with van der Waals surface area (Å²) < 4.78 is 5.26. The third-order valence-corrected chi connectivity index (χ3v) is 2.68. The van der Waals surface area contributed by atoms with Crippen molar-refractivity contribution in [2.45, 2.75) is 58.6 Å². The molecule has 0 aromatic carbocycles. The van der Waals surface area contributed by atoms with Crippen LogP contribution in [0, 0.1) is 0 Å². The van der Waals surface area contributed by atoms with Crippen molar-refractivity contribution >= 4 is 17.7 Å². The van der Waals surface area contributed by atoms with E-state index in [1.807, 2.05) is 0 Å². The van der Waals surface area contributed by atoms with Gasteiger partial charge in [0.25, 0.3) is 0 Å². The summed E-state index contributed by atoms with van der Waals surface area (Å²) in [5, 5.41) is 0. The first-order valence-electron chi connectivity index (χ1n) is 6.22. The molecular formula is C13H21NO4. The van der Waals surface area contributed by atoms with Crippen molar-refractivity contribution in [3.05, 3.63) is 0 Å². The smallest absolute Gasteiger partial charge is 0.410 e. The Morgan fingerprint density at radius 3 is 2.39 bits per heavy atom. The van der Waals surface area contributed by atoms with Crippen molar-refractivity contribution < 1.29 is 19.1 Å². The minimum absolute atomic E-state index is 0.107. The topological polar surface area (TPSA) is 63.7 Å². The largest absolute Gasteiger partial charge is 0.444 e. The number of likely N-dealkylation sites (tertiary alicyclic amines) is 1. The highest BCUT2D eigenvalue weighted by Gasteiger charge is 2.36. The van der Waals surface area contributed by atoms with E-state index in [-0.39, 0.29) is 18.0 Å². The molecule has 5 nitrogen and oxygen atoms in total. The highest BCUT2D eigenvalue weighted by atomic mass is 16.6. The minimum atomic E-state index is -0.576. The summed E-state index contributed by atoms with van der Waals surface area (Å²) in [5.41, 5.74) is -0.576. The van der Waals surface area contributed by atoms with Crippen LogP contribution in [-0.2, 0) is 14.3 Å². The van der Waals surface area contributed by atoms with Gasteiger partial charge in [-0.15, -0.1) is 0 Å². The first kappa shape index (κ1) is 14.7. The van der Waals surface area contributed by atoms with Crippen LogP contribution in [-0.4, -0.2) is 40.7 Å². The average molecular weight is 255 g/mol. The fraction of sp³-hybridized carbons (Fsp3) is 0.769. The first-order valence-corrected chi connectivity index (χ1v) is 6.22. The van der Waals surface area contributed by atoms with E-state index in [4.69, 9.17) is 4.74 Å². The molecule has 0 saturated carbocycles. The van der Waals surface area contributed by atoms with Gasteiger partial charge in [0.2, 0.25) is 0 Å². The Hall–Kier alpha value is -1.39. The van der Waals surface area contributed by atoms with Crippen molar-refractivity contribution in [1.82, 2.24) is 4.90 Å². The molecule has 0 N–H and O–H groups in total. The second-order valence-electron chi connectivity index (χ2n) is 5.68. The van der Waals surface area contributed by atoms with Gasteiger partial charge in [-0.1, -0.05) is 0 Å². The lowest BCUT2D eigenvalue weighted by atomic mass is 10.1. The van der Waals surface area contributed by atoms with Gasteiger partial charge < -0.3 is 4.74 Å². The standard InChI is InChI=1S/C13H21NO4/c1-9(15)8-11(16)10-6-5-7-14(10)12(17)18-13(2,3)4/h10H,5-8H2,1-4H3/t10-/m0/s1. The second kappa shape index (κ2) is 5.50. The first-order chi connectivity index (χ1) is 8.20. The lowest BCUT2D eigenvalue weighted by Crippen LogP contribution is -2.43. The highest BCUT2D eigenvalue weighted by Crippen LogP contribution is 2.22. The summed E-state index contributed by atoms with van der Waals surface area (Å²) in [7, 11) is 0. The highest BCUT2D eigenvalue weighted by molar-refractivity contribution is 6.01. The predicted octanol–water partition coefficient (Wildman–Crippen LogP) is 1.93. The summed E-state index contributed by atoms with van der Waals surface area (Å²) in [6, 6.07) is -0.497. The molecule has 0 spiro atoms. The van der Waals surface area contributed by atoms with Crippen LogP contribution < -0.4 is 0 Å². The van der Waals surface area contributed by atoms with E-state index in [1.165, 1.54) is 11.8 Å². The molecule has 0 bridgehead atoms. The normalized spacial score (nSPS) is 19.8. The van der Waals surface area contributed by atoms with Crippen LogP contribution in [0.2, 0.25) is 0 Å². The summed E-state index contributed by atoms with van der Waals surface area (Å²) in [6.07, 6.45) is 0.810. The van der Waals surface area contributed by atoms with Crippen LogP contribution in [0.25, 0.3) is 0 Å². The van der Waals surface area contributed by atoms with Gasteiger partial charge >= 0.3 is 6.09 Å². The SMILES string of the molecule is CC(=O)CC(=O)[C@@H]1CCCN1C(=O)OC(C)(C)C. The van der Waals surface area contributed by atoms with Gasteiger partial charge in [0.15, 0.2) is 5.78 Å². The molecule has 18 heavy (non-hydrogen) atoms. The number of Topliss-reactive ketones (excluding diaryl/α,β-unsaturated/α-hetero) is 2. The van der Waals surface area contributed by atoms with Crippen LogP contribution >= 0.6 is 0 Å². The molecule has 0 aromatic heterocycles. The molecule has 1 aliphatic heterocycles. The lowest BCUT2D eigenvalue weighted by Gasteiger charge is -2.27. The average Bonchev–Trinajstić information content (AvgIpc) is 2.61. The minimum Gasteiger partial charge on any atom is -0.444 e. The molecule has 1 rings (SSSR count). The van der Waals surface area contributed by atoms with Crippen molar-refractivity contribution in [2.24, 2.45) is 0 Å². The Morgan fingerprint density at radius 2 is 1.89 bits per heavy atom. The molecule has 0 radical (unpaired) electrons. The summed E-state index contributed by atoms with van der Waals surface area (Å²) in [4.78, 5) is 36.2. The van der Waals surface area contributed by atoms with Gasteiger partial charge in [-0.25, -0.2) is 4.79 Å².